The third-order valence-corrected chi connectivity index (χ3v) is 8.32. The number of aromatic nitrogens is 1. The van der Waals surface area contributed by atoms with Crippen molar-refractivity contribution in [2.75, 3.05) is 23.8 Å². The molecule has 0 N–H and O–H groups in total. The van der Waals surface area contributed by atoms with Crippen molar-refractivity contribution in [3.8, 4) is 0 Å². The fourth-order valence-corrected chi connectivity index (χ4v) is 6.00. The van der Waals surface area contributed by atoms with Gasteiger partial charge in [0.25, 0.3) is 5.91 Å². The maximum Gasteiger partial charge on any atom is 0.260 e. The van der Waals surface area contributed by atoms with E-state index < -0.39 is 9.84 Å². The molecule has 0 bridgehead atoms. The Hall–Kier alpha value is -2.00. The van der Waals surface area contributed by atoms with E-state index in [4.69, 9.17) is 21.3 Å². The Kier molecular flexibility index (Phi) is 6.35. The number of amides is 1. The summed E-state index contributed by atoms with van der Waals surface area (Å²) in [7, 11) is -3.42. The van der Waals surface area contributed by atoms with E-state index in [1.807, 2.05) is 19.1 Å². The van der Waals surface area contributed by atoms with Gasteiger partial charge in [-0.15, -0.1) is 0 Å². The zero-order valence-electron chi connectivity index (χ0n) is 17.3. The van der Waals surface area contributed by atoms with Gasteiger partial charge in [0.2, 0.25) is 0 Å². The summed E-state index contributed by atoms with van der Waals surface area (Å²) >= 11 is 7.59. The highest BCUT2D eigenvalue weighted by Crippen LogP contribution is 2.34. The zero-order chi connectivity index (χ0) is 22.2. The number of fused-ring (bicyclic) bond motifs is 1. The average molecular weight is 479 g/mol. The Bertz CT molecular complexity index is 1230. The summed E-state index contributed by atoms with van der Waals surface area (Å²) in [6, 6.07) is 9.88. The molecule has 1 aromatic heterocycles. The van der Waals surface area contributed by atoms with Crippen molar-refractivity contribution in [3.63, 3.8) is 0 Å². The smallest absolute Gasteiger partial charge is 0.260 e. The van der Waals surface area contributed by atoms with Crippen LogP contribution in [-0.2, 0) is 14.6 Å². The fourth-order valence-electron chi connectivity index (χ4n) is 3.64. The van der Waals surface area contributed by atoms with Crippen LogP contribution in [0.2, 0.25) is 5.02 Å². The lowest BCUT2D eigenvalue weighted by Crippen LogP contribution is -2.37. The summed E-state index contributed by atoms with van der Waals surface area (Å²) in [5.41, 5.74) is 2.05. The summed E-state index contributed by atoms with van der Waals surface area (Å²) in [5, 5.41) is 1.17. The molecule has 1 aliphatic heterocycles. The van der Waals surface area contributed by atoms with E-state index in [9.17, 15) is 13.2 Å². The van der Waals surface area contributed by atoms with E-state index in [1.165, 1.54) is 23.5 Å². The van der Waals surface area contributed by atoms with Crippen LogP contribution in [0.15, 0.2) is 41.3 Å². The molecular weight excluding hydrogens is 456 g/mol. The number of carbonyl (C=O) groups is 1. The van der Waals surface area contributed by atoms with Crippen molar-refractivity contribution < 1.29 is 17.9 Å². The van der Waals surface area contributed by atoms with E-state index in [-0.39, 0.29) is 22.7 Å². The Morgan fingerprint density at radius 1 is 1.32 bits per heavy atom. The number of benzene rings is 2. The van der Waals surface area contributed by atoms with Crippen molar-refractivity contribution in [1.29, 1.82) is 0 Å². The summed E-state index contributed by atoms with van der Waals surface area (Å²) < 4.78 is 31.3. The number of sulfone groups is 1. The molecular formula is C22H23ClN2O4S2. The molecule has 0 radical (unpaired) electrons. The second-order valence-electron chi connectivity index (χ2n) is 7.55. The van der Waals surface area contributed by atoms with Crippen molar-refractivity contribution >= 4 is 54.0 Å². The Labute approximate surface area is 190 Å². The number of aryl methyl sites for hydroxylation is 1. The Balaban J connectivity index is 1.76. The number of halogens is 1. The van der Waals surface area contributed by atoms with Crippen LogP contribution in [0.4, 0.5) is 5.13 Å². The largest absolute Gasteiger partial charge is 0.376 e. The molecule has 9 heteroatoms. The van der Waals surface area contributed by atoms with Crippen LogP contribution in [0, 0.1) is 6.92 Å². The van der Waals surface area contributed by atoms with Crippen LogP contribution in [0.25, 0.3) is 10.2 Å². The van der Waals surface area contributed by atoms with Gasteiger partial charge in [-0.1, -0.05) is 35.9 Å². The van der Waals surface area contributed by atoms with E-state index in [0.29, 0.717) is 28.9 Å². The van der Waals surface area contributed by atoms with Crippen LogP contribution in [-0.4, -0.2) is 44.3 Å². The van der Waals surface area contributed by atoms with Gasteiger partial charge in [0.05, 0.1) is 33.5 Å². The lowest BCUT2D eigenvalue weighted by atomic mass is 10.1. The monoisotopic (exact) mass is 478 g/mol. The molecule has 3 aromatic rings. The quantitative estimate of drug-likeness (QED) is 0.504. The highest BCUT2D eigenvalue weighted by molar-refractivity contribution is 7.91. The molecule has 2 aromatic carbocycles. The molecule has 0 aliphatic carbocycles. The molecule has 0 saturated carbocycles. The van der Waals surface area contributed by atoms with Crippen LogP contribution in [0.1, 0.15) is 35.7 Å². The molecule has 2 heterocycles. The average Bonchev–Trinajstić information content (AvgIpc) is 3.41. The van der Waals surface area contributed by atoms with Gasteiger partial charge in [0.1, 0.15) is 0 Å². The minimum Gasteiger partial charge on any atom is -0.376 e. The second-order valence-corrected chi connectivity index (χ2v) is 11.3. The summed E-state index contributed by atoms with van der Waals surface area (Å²) in [4.78, 5) is 20.0. The molecule has 4 rings (SSSR count). The van der Waals surface area contributed by atoms with E-state index >= 15 is 0 Å². The minimum absolute atomic E-state index is 0.0256. The third kappa shape index (κ3) is 4.62. The fraction of sp³-hybridized carbons (Fsp3) is 0.364. The Morgan fingerprint density at radius 2 is 2.13 bits per heavy atom. The highest BCUT2D eigenvalue weighted by Gasteiger charge is 2.28. The number of carbonyl (C=O) groups excluding carboxylic acids is 1. The molecule has 164 valence electrons. The number of anilines is 1. The van der Waals surface area contributed by atoms with Gasteiger partial charge >= 0.3 is 0 Å². The molecule has 1 unspecified atom stereocenters. The molecule has 1 saturated heterocycles. The minimum atomic E-state index is -3.42. The predicted molar refractivity (Wildman–Crippen MR) is 124 cm³/mol. The molecule has 1 aliphatic rings. The van der Waals surface area contributed by atoms with Crippen LogP contribution >= 0.6 is 22.9 Å². The van der Waals surface area contributed by atoms with Crippen molar-refractivity contribution in [2.24, 2.45) is 0 Å². The first kappa shape index (κ1) is 22.2. The van der Waals surface area contributed by atoms with E-state index in [1.54, 1.807) is 24.0 Å². The van der Waals surface area contributed by atoms with Crippen LogP contribution in [0.3, 0.4) is 0 Å². The molecule has 1 amide bonds. The second kappa shape index (κ2) is 8.86. The van der Waals surface area contributed by atoms with E-state index in [2.05, 4.69) is 0 Å². The highest BCUT2D eigenvalue weighted by atomic mass is 35.5. The van der Waals surface area contributed by atoms with Gasteiger partial charge in [-0.25, -0.2) is 13.4 Å². The van der Waals surface area contributed by atoms with Gasteiger partial charge < -0.3 is 4.74 Å². The lowest BCUT2D eigenvalue weighted by molar-refractivity contribution is 0.0917. The molecule has 1 atom stereocenters. The Morgan fingerprint density at radius 3 is 2.84 bits per heavy atom. The van der Waals surface area contributed by atoms with Crippen molar-refractivity contribution in [3.05, 3.63) is 52.5 Å². The van der Waals surface area contributed by atoms with E-state index in [0.717, 1.165) is 28.6 Å². The SMILES string of the molecule is CCS(=O)(=O)c1cccc(C(=O)N(CC2CCCO2)c2nc3c(C)cc(Cl)cc3s2)c1. The number of hydrogen-bond donors (Lipinski definition) is 0. The maximum atomic E-state index is 13.5. The van der Waals surface area contributed by atoms with Gasteiger partial charge in [-0.2, -0.15) is 0 Å². The first-order valence-corrected chi connectivity index (χ1v) is 13.0. The van der Waals surface area contributed by atoms with Gasteiger partial charge in [0.15, 0.2) is 15.0 Å². The lowest BCUT2D eigenvalue weighted by Gasteiger charge is -2.23. The van der Waals surface area contributed by atoms with Gasteiger partial charge in [0, 0.05) is 17.2 Å². The number of thiazole rings is 1. The first-order valence-electron chi connectivity index (χ1n) is 10.1. The summed E-state index contributed by atoms with van der Waals surface area (Å²) in [6.07, 6.45) is 1.73. The zero-order valence-corrected chi connectivity index (χ0v) is 19.7. The first-order chi connectivity index (χ1) is 14.8. The predicted octanol–water partition coefficient (Wildman–Crippen LogP) is 4.88. The van der Waals surface area contributed by atoms with Gasteiger partial charge in [-0.3, -0.25) is 9.69 Å². The van der Waals surface area contributed by atoms with Crippen molar-refractivity contribution in [1.82, 2.24) is 4.98 Å². The van der Waals surface area contributed by atoms with Crippen molar-refractivity contribution in [2.45, 2.75) is 37.7 Å². The normalized spacial score (nSPS) is 16.7. The molecule has 6 nitrogen and oxygen atoms in total. The van der Waals surface area contributed by atoms with Gasteiger partial charge in [-0.05, 0) is 55.7 Å². The summed E-state index contributed by atoms with van der Waals surface area (Å²) in [5.74, 6) is -0.325. The summed E-state index contributed by atoms with van der Waals surface area (Å²) in [6.45, 7) is 4.55. The standard InChI is InChI=1S/C22H23ClN2O4S2/c1-3-31(27,28)18-8-4-6-15(11-18)21(26)25(13-17-7-5-9-29-17)22-24-20-14(2)10-16(23)12-19(20)30-22/h4,6,8,10-12,17H,3,5,7,9,13H2,1-2H3. The molecule has 0 spiro atoms. The number of ether oxygens (including phenoxy) is 1. The maximum absolute atomic E-state index is 13.5. The number of nitrogens with zero attached hydrogens (tertiary/aromatic N) is 2. The van der Waals surface area contributed by atoms with Crippen LogP contribution < -0.4 is 4.90 Å². The molecule has 31 heavy (non-hydrogen) atoms. The molecule has 1 fully saturated rings. The topological polar surface area (TPSA) is 76.6 Å². The van der Waals surface area contributed by atoms with Crippen LogP contribution in [0.5, 0.6) is 0 Å². The number of rotatable bonds is 6. The third-order valence-electron chi connectivity index (χ3n) is 5.35. The number of hydrogen-bond acceptors (Lipinski definition) is 6.